The summed E-state index contributed by atoms with van der Waals surface area (Å²) in [6.45, 7) is 3.55. The van der Waals surface area contributed by atoms with Gasteiger partial charge in [0.15, 0.2) is 0 Å². The van der Waals surface area contributed by atoms with Gasteiger partial charge in [-0.25, -0.2) is 4.98 Å². The smallest absolute Gasteiger partial charge is 0.251 e. The summed E-state index contributed by atoms with van der Waals surface area (Å²) in [6.07, 6.45) is 0.423. The van der Waals surface area contributed by atoms with Crippen LogP contribution in [0, 0.1) is 16.7 Å². The lowest BCUT2D eigenvalue weighted by Gasteiger charge is -2.20. The summed E-state index contributed by atoms with van der Waals surface area (Å²) in [4.78, 5) is 31.2. The highest BCUT2D eigenvalue weighted by Crippen LogP contribution is 2.30. The van der Waals surface area contributed by atoms with Crippen LogP contribution < -0.4 is 11.3 Å². The van der Waals surface area contributed by atoms with Gasteiger partial charge in [-0.3, -0.25) is 9.59 Å². The van der Waals surface area contributed by atoms with Crippen LogP contribution >= 0.6 is 11.6 Å². The van der Waals surface area contributed by atoms with Gasteiger partial charge >= 0.3 is 0 Å². The molecule has 1 aromatic heterocycles. The Hall–Kier alpha value is -3.43. The van der Waals surface area contributed by atoms with Crippen molar-refractivity contribution in [1.29, 1.82) is 5.26 Å². The van der Waals surface area contributed by atoms with Crippen molar-refractivity contribution in [2.24, 2.45) is 11.1 Å². The van der Waals surface area contributed by atoms with Gasteiger partial charge in [-0.05, 0) is 36.2 Å². The molecule has 0 radical (unpaired) electrons. The predicted molar refractivity (Wildman–Crippen MR) is 112 cm³/mol. The number of nitrogens with zero attached hydrogens (tertiary/aromatic N) is 2. The molecule has 0 fully saturated rings. The molecule has 0 atom stereocenters. The van der Waals surface area contributed by atoms with E-state index in [0.29, 0.717) is 39.7 Å². The van der Waals surface area contributed by atoms with E-state index in [-0.39, 0.29) is 5.56 Å². The first-order valence-electron chi connectivity index (χ1n) is 8.90. The van der Waals surface area contributed by atoms with Crippen LogP contribution in [0.25, 0.3) is 22.6 Å². The third-order valence-corrected chi connectivity index (χ3v) is 4.98. The van der Waals surface area contributed by atoms with Crippen LogP contribution in [0.3, 0.4) is 0 Å². The fourth-order valence-electron chi connectivity index (χ4n) is 2.91. The molecule has 3 aromatic rings. The monoisotopic (exact) mass is 406 g/mol. The van der Waals surface area contributed by atoms with Gasteiger partial charge in [-0.2, -0.15) is 5.26 Å². The largest absolute Gasteiger partial charge is 0.369 e. The molecule has 29 heavy (non-hydrogen) atoms. The Bertz CT molecular complexity index is 1170. The van der Waals surface area contributed by atoms with Crippen molar-refractivity contribution in [2.45, 2.75) is 20.3 Å². The van der Waals surface area contributed by atoms with Gasteiger partial charge in [0.2, 0.25) is 5.91 Å². The van der Waals surface area contributed by atoms with Crippen molar-refractivity contribution in [1.82, 2.24) is 9.97 Å². The summed E-state index contributed by atoms with van der Waals surface area (Å²) in [5, 5.41) is 9.37. The Morgan fingerprint density at radius 2 is 1.90 bits per heavy atom. The molecule has 3 rings (SSSR count). The van der Waals surface area contributed by atoms with Crippen LogP contribution in [-0.2, 0) is 11.2 Å². The second-order valence-electron chi connectivity index (χ2n) is 7.41. The molecule has 7 heteroatoms. The molecule has 0 aliphatic heterocycles. The van der Waals surface area contributed by atoms with E-state index in [1.807, 2.05) is 6.07 Å². The quantitative estimate of drug-likeness (QED) is 0.672. The molecular formula is C22H19ClN4O2. The van der Waals surface area contributed by atoms with Crippen LogP contribution in [0.15, 0.2) is 53.3 Å². The maximum absolute atomic E-state index is 12.2. The summed E-state index contributed by atoms with van der Waals surface area (Å²) >= 11 is 6.37. The lowest BCUT2D eigenvalue weighted by atomic mass is 9.85. The van der Waals surface area contributed by atoms with Crippen molar-refractivity contribution < 1.29 is 4.79 Å². The maximum atomic E-state index is 12.2. The zero-order chi connectivity index (χ0) is 21.2. The minimum absolute atomic E-state index is 0.320. The molecule has 146 valence electrons. The Morgan fingerprint density at radius 1 is 1.21 bits per heavy atom. The van der Waals surface area contributed by atoms with Gasteiger partial charge < -0.3 is 10.7 Å². The number of rotatable bonds is 5. The molecule has 0 bridgehead atoms. The second-order valence-corrected chi connectivity index (χ2v) is 7.81. The van der Waals surface area contributed by atoms with Gasteiger partial charge in [0.05, 0.1) is 22.3 Å². The average Bonchev–Trinajstić information content (AvgIpc) is 2.68. The fourth-order valence-corrected chi connectivity index (χ4v) is 3.12. The minimum atomic E-state index is -0.726. The van der Waals surface area contributed by atoms with E-state index in [1.165, 1.54) is 6.07 Å². The van der Waals surface area contributed by atoms with Crippen LogP contribution in [0.2, 0.25) is 5.02 Å². The predicted octanol–water partition coefficient (Wildman–Crippen LogP) is 3.68. The Kier molecular flexibility index (Phi) is 5.53. The van der Waals surface area contributed by atoms with E-state index in [1.54, 1.807) is 50.2 Å². The maximum Gasteiger partial charge on any atom is 0.251 e. The van der Waals surface area contributed by atoms with E-state index in [4.69, 9.17) is 22.6 Å². The number of amides is 1. The van der Waals surface area contributed by atoms with Crippen LogP contribution in [-0.4, -0.2) is 15.9 Å². The number of halogens is 1. The van der Waals surface area contributed by atoms with E-state index >= 15 is 0 Å². The molecule has 1 heterocycles. The Balaban J connectivity index is 2.05. The molecule has 0 aliphatic carbocycles. The van der Waals surface area contributed by atoms with E-state index in [9.17, 15) is 9.59 Å². The first-order chi connectivity index (χ1) is 13.7. The number of aromatic nitrogens is 2. The van der Waals surface area contributed by atoms with E-state index in [2.05, 4.69) is 16.0 Å². The number of primary amides is 1. The van der Waals surface area contributed by atoms with E-state index in [0.717, 1.165) is 5.56 Å². The average molecular weight is 407 g/mol. The number of H-pyrrole nitrogens is 1. The van der Waals surface area contributed by atoms with Gasteiger partial charge in [-0.15, -0.1) is 0 Å². The highest BCUT2D eigenvalue weighted by Gasteiger charge is 2.25. The van der Waals surface area contributed by atoms with Crippen molar-refractivity contribution in [3.63, 3.8) is 0 Å². The summed E-state index contributed by atoms with van der Waals surface area (Å²) in [7, 11) is 0. The topological polar surface area (TPSA) is 113 Å². The number of benzene rings is 2. The number of hydrogen-bond donors (Lipinski definition) is 2. The summed E-state index contributed by atoms with van der Waals surface area (Å²) in [5.41, 5.74) is 7.52. The first-order valence-corrected chi connectivity index (χ1v) is 9.28. The summed E-state index contributed by atoms with van der Waals surface area (Å²) in [5.74, 6) is -0.0797. The molecule has 0 saturated carbocycles. The zero-order valence-electron chi connectivity index (χ0n) is 16.0. The third kappa shape index (κ3) is 4.53. The van der Waals surface area contributed by atoms with Gasteiger partial charge in [0, 0.05) is 22.6 Å². The number of carbonyl (C=O) groups excluding carboxylic acids is 1. The first kappa shape index (κ1) is 20.3. The molecule has 0 aliphatic rings. The molecule has 6 nitrogen and oxygen atoms in total. The van der Waals surface area contributed by atoms with Crippen molar-refractivity contribution >= 4 is 17.5 Å². The SMILES string of the molecule is CC(C)(Cc1ccc(Cl)c(-c2nc(-c3ccc(C#N)cc3)cc(=O)[nH]2)c1)C(N)=O. The van der Waals surface area contributed by atoms with Crippen molar-refractivity contribution in [3.05, 3.63) is 75.0 Å². The van der Waals surface area contributed by atoms with Crippen LogP contribution in [0.4, 0.5) is 0 Å². The highest BCUT2D eigenvalue weighted by atomic mass is 35.5. The number of nitrogens with one attached hydrogen (secondary N) is 1. The third-order valence-electron chi connectivity index (χ3n) is 4.65. The molecule has 0 spiro atoms. The number of nitriles is 1. The normalized spacial score (nSPS) is 11.1. The molecule has 3 N–H and O–H groups in total. The number of hydrogen-bond acceptors (Lipinski definition) is 4. The summed E-state index contributed by atoms with van der Waals surface area (Å²) in [6, 6.07) is 15.6. The van der Waals surface area contributed by atoms with E-state index < -0.39 is 11.3 Å². The molecule has 2 aromatic carbocycles. The second kappa shape index (κ2) is 7.90. The highest BCUT2D eigenvalue weighted by molar-refractivity contribution is 6.33. The van der Waals surface area contributed by atoms with Crippen LogP contribution in [0.5, 0.6) is 0 Å². The Morgan fingerprint density at radius 3 is 2.52 bits per heavy atom. The summed E-state index contributed by atoms with van der Waals surface area (Å²) < 4.78 is 0. The van der Waals surface area contributed by atoms with Crippen molar-refractivity contribution in [2.75, 3.05) is 0 Å². The zero-order valence-corrected chi connectivity index (χ0v) is 16.7. The van der Waals surface area contributed by atoms with Crippen molar-refractivity contribution in [3.8, 4) is 28.7 Å². The Labute approximate surface area is 173 Å². The number of carbonyl (C=O) groups is 1. The van der Waals surface area contributed by atoms with Crippen LogP contribution in [0.1, 0.15) is 25.0 Å². The molecular weight excluding hydrogens is 388 g/mol. The van der Waals surface area contributed by atoms with Gasteiger partial charge in [0.1, 0.15) is 5.82 Å². The number of aromatic amines is 1. The molecule has 1 amide bonds. The lowest BCUT2D eigenvalue weighted by Crippen LogP contribution is -2.33. The van der Waals surface area contributed by atoms with Gasteiger partial charge in [-0.1, -0.05) is 43.6 Å². The fraction of sp³-hybridized carbons (Fsp3) is 0.182. The number of nitrogens with two attached hydrogens (primary N) is 1. The van der Waals surface area contributed by atoms with Gasteiger partial charge in [0.25, 0.3) is 5.56 Å². The standard InChI is InChI=1S/C22H19ClN4O2/c1-22(2,21(25)29)11-14-5-8-17(23)16(9-14)20-26-18(10-19(28)27-20)15-6-3-13(12-24)4-7-15/h3-10H,11H2,1-2H3,(H2,25,29)(H,26,27,28). The minimum Gasteiger partial charge on any atom is -0.369 e. The lowest BCUT2D eigenvalue weighted by molar-refractivity contribution is -0.125. The molecule has 0 saturated heterocycles. The molecule has 0 unspecified atom stereocenters.